The predicted octanol–water partition coefficient (Wildman–Crippen LogP) is 1.48. The first kappa shape index (κ1) is 20.6. The first-order chi connectivity index (χ1) is 12.8. The van der Waals surface area contributed by atoms with E-state index < -0.39 is 26.9 Å². The molecule has 0 unspecified atom stereocenters. The molecule has 0 aliphatic heterocycles. The van der Waals surface area contributed by atoms with Crippen LogP contribution in [0.15, 0.2) is 59.8 Å². The molecule has 144 valence electrons. The molecule has 0 aliphatic rings. The molecular weight excluding hydrogens is 366 g/mol. The summed E-state index contributed by atoms with van der Waals surface area (Å²) in [6.07, 6.45) is 2.98. The molecule has 2 rings (SSSR count). The van der Waals surface area contributed by atoms with E-state index in [4.69, 9.17) is 0 Å². The molecule has 8 heteroatoms. The van der Waals surface area contributed by atoms with Gasteiger partial charge in [-0.05, 0) is 29.7 Å². The Balaban J connectivity index is 2.20. The van der Waals surface area contributed by atoms with Crippen molar-refractivity contribution < 1.29 is 18.0 Å². The van der Waals surface area contributed by atoms with Crippen LogP contribution in [-0.4, -0.2) is 38.3 Å². The summed E-state index contributed by atoms with van der Waals surface area (Å²) in [6.45, 7) is 3.93. The van der Waals surface area contributed by atoms with Crippen LogP contribution in [0.2, 0.25) is 0 Å². The van der Waals surface area contributed by atoms with Gasteiger partial charge < -0.3 is 10.6 Å². The highest BCUT2D eigenvalue weighted by molar-refractivity contribution is 7.91. The van der Waals surface area contributed by atoms with Crippen molar-refractivity contribution in [3.8, 4) is 0 Å². The van der Waals surface area contributed by atoms with E-state index in [1.54, 1.807) is 30.3 Å². The molecule has 1 aromatic heterocycles. The number of aromatic nitrogens is 1. The van der Waals surface area contributed by atoms with E-state index >= 15 is 0 Å². The topological polar surface area (TPSA) is 105 Å². The summed E-state index contributed by atoms with van der Waals surface area (Å²) in [5.41, 5.74) is 0.434. The second-order valence-electron chi connectivity index (χ2n) is 6.45. The molecule has 0 spiro atoms. The fraction of sp³-hybridized carbons (Fsp3) is 0.316. The van der Waals surface area contributed by atoms with Gasteiger partial charge in [-0.1, -0.05) is 38.1 Å². The van der Waals surface area contributed by atoms with Gasteiger partial charge in [0.2, 0.25) is 0 Å². The summed E-state index contributed by atoms with van der Waals surface area (Å²) in [5, 5.41) is 3.87. The molecule has 0 saturated carbocycles. The monoisotopic (exact) mass is 389 g/mol. The van der Waals surface area contributed by atoms with Crippen molar-refractivity contribution >= 4 is 21.7 Å². The molecule has 1 atom stereocenters. The summed E-state index contributed by atoms with van der Waals surface area (Å²) in [5.74, 6) is -1.46. The third-order valence-electron chi connectivity index (χ3n) is 3.83. The van der Waals surface area contributed by atoms with Gasteiger partial charge in [0.15, 0.2) is 9.84 Å². The van der Waals surface area contributed by atoms with E-state index in [1.165, 1.54) is 24.5 Å². The fourth-order valence-electron chi connectivity index (χ4n) is 2.39. The lowest BCUT2D eigenvalue weighted by Crippen LogP contribution is -2.43. The number of carbonyl (C=O) groups is 2. The van der Waals surface area contributed by atoms with Crippen molar-refractivity contribution in [2.45, 2.75) is 24.0 Å². The number of amides is 2. The van der Waals surface area contributed by atoms with E-state index in [2.05, 4.69) is 15.6 Å². The molecule has 1 aromatic carbocycles. The number of nitrogens with one attached hydrogen (secondary N) is 2. The highest BCUT2D eigenvalue weighted by Crippen LogP contribution is 2.27. The SMILES string of the molecule is CC(C)CNC(=O)C(=O)NC[C@H](c1cccnc1)S(=O)(=O)c1ccccc1. The Labute approximate surface area is 159 Å². The lowest BCUT2D eigenvalue weighted by atomic mass is 10.2. The number of carbonyl (C=O) groups excluding carboxylic acids is 2. The van der Waals surface area contributed by atoms with Crippen LogP contribution in [0.1, 0.15) is 24.7 Å². The molecule has 27 heavy (non-hydrogen) atoms. The third-order valence-corrected chi connectivity index (χ3v) is 5.94. The molecule has 0 radical (unpaired) electrons. The van der Waals surface area contributed by atoms with Crippen LogP contribution in [-0.2, 0) is 19.4 Å². The minimum atomic E-state index is -3.79. The zero-order chi connectivity index (χ0) is 19.9. The van der Waals surface area contributed by atoms with E-state index in [0.717, 1.165) is 0 Å². The van der Waals surface area contributed by atoms with Crippen molar-refractivity contribution in [3.63, 3.8) is 0 Å². The normalized spacial score (nSPS) is 12.4. The van der Waals surface area contributed by atoms with Gasteiger partial charge in [0, 0.05) is 25.5 Å². The summed E-state index contributed by atoms with van der Waals surface area (Å²) in [4.78, 5) is 28.0. The lowest BCUT2D eigenvalue weighted by molar-refractivity contribution is -0.139. The maximum Gasteiger partial charge on any atom is 0.309 e. The maximum atomic E-state index is 13.1. The Kier molecular flexibility index (Phi) is 7.06. The average molecular weight is 389 g/mol. The second-order valence-corrected chi connectivity index (χ2v) is 8.58. The zero-order valence-corrected chi connectivity index (χ0v) is 16.1. The molecule has 2 aromatic rings. The molecule has 7 nitrogen and oxygen atoms in total. The van der Waals surface area contributed by atoms with Gasteiger partial charge in [0.05, 0.1) is 4.90 Å². The van der Waals surface area contributed by atoms with Crippen LogP contribution >= 0.6 is 0 Å². The van der Waals surface area contributed by atoms with Crippen LogP contribution < -0.4 is 10.6 Å². The zero-order valence-electron chi connectivity index (χ0n) is 15.3. The van der Waals surface area contributed by atoms with E-state index in [0.29, 0.717) is 12.1 Å². The van der Waals surface area contributed by atoms with Crippen molar-refractivity contribution in [1.29, 1.82) is 0 Å². The number of benzene rings is 1. The Hall–Kier alpha value is -2.74. The minimum absolute atomic E-state index is 0.136. The molecular formula is C19H23N3O4S. The molecule has 2 amide bonds. The van der Waals surface area contributed by atoms with Crippen LogP contribution in [0.5, 0.6) is 0 Å². The summed E-state index contributed by atoms with van der Waals surface area (Å²) in [6, 6.07) is 11.2. The van der Waals surface area contributed by atoms with Crippen LogP contribution in [0.4, 0.5) is 0 Å². The van der Waals surface area contributed by atoms with Crippen molar-refractivity contribution in [2.75, 3.05) is 13.1 Å². The quantitative estimate of drug-likeness (QED) is 0.698. The highest BCUT2D eigenvalue weighted by Gasteiger charge is 2.30. The number of pyridine rings is 1. The smallest absolute Gasteiger partial charge is 0.309 e. The number of hydrogen-bond acceptors (Lipinski definition) is 5. The van der Waals surface area contributed by atoms with E-state index in [1.807, 2.05) is 13.8 Å². The van der Waals surface area contributed by atoms with E-state index in [-0.39, 0.29) is 17.4 Å². The molecule has 0 aliphatic carbocycles. The van der Waals surface area contributed by atoms with Crippen molar-refractivity contribution in [2.24, 2.45) is 5.92 Å². The standard InChI is InChI=1S/C19H23N3O4S/c1-14(2)11-21-18(23)19(24)22-13-17(15-7-6-10-20-12-15)27(25,26)16-8-4-3-5-9-16/h3-10,12,14,17H,11,13H2,1-2H3,(H,21,23)(H,22,24)/t17-/m1/s1. The number of nitrogens with zero attached hydrogens (tertiary/aromatic N) is 1. The first-order valence-corrected chi connectivity index (χ1v) is 10.1. The third kappa shape index (κ3) is 5.62. The largest absolute Gasteiger partial charge is 0.348 e. The van der Waals surface area contributed by atoms with Gasteiger partial charge in [0.25, 0.3) is 0 Å². The van der Waals surface area contributed by atoms with E-state index in [9.17, 15) is 18.0 Å². The Morgan fingerprint density at radius 3 is 2.15 bits per heavy atom. The fourth-order valence-corrected chi connectivity index (χ4v) is 4.06. The highest BCUT2D eigenvalue weighted by atomic mass is 32.2. The van der Waals surface area contributed by atoms with Gasteiger partial charge >= 0.3 is 11.8 Å². The molecule has 1 heterocycles. The Morgan fingerprint density at radius 2 is 1.59 bits per heavy atom. The van der Waals surface area contributed by atoms with Gasteiger partial charge in [-0.3, -0.25) is 14.6 Å². The summed E-state index contributed by atoms with van der Waals surface area (Å²) < 4.78 is 26.1. The van der Waals surface area contributed by atoms with Crippen LogP contribution in [0.25, 0.3) is 0 Å². The molecule has 0 bridgehead atoms. The molecule has 0 fully saturated rings. The van der Waals surface area contributed by atoms with Crippen LogP contribution in [0, 0.1) is 5.92 Å². The predicted molar refractivity (Wildman–Crippen MR) is 101 cm³/mol. The number of rotatable bonds is 7. The first-order valence-electron chi connectivity index (χ1n) is 8.57. The summed E-state index contributed by atoms with van der Waals surface area (Å²) in [7, 11) is -3.79. The minimum Gasteiger partial charge on any atom is -0.348 e. The van der Waals surface area contributed by atoms with Gasteiger partial charge in [-0.25, -0.2) is 8.42 Å². The number of sulfone groups is 1. The maximum absolute atomic E-state index is 13.1. The van der Waals surface area contributed by atoms with Crippen LogP contribution in [0.3, 0.4) is 0 Å². The van der Waals surface area contributed by atoms with Gasteiger partial charge in [-0.2, -0.15) is 0 Å². The molecule has 2 N–H and O–H groups in total. The second kappa shape index (κ2) is 9.27. The Morgan fingerprint density at radius 1 is 0.963 bits per heavy atom. The van der Waals surface area contributed by atoms with Crippen molar-refractivity contribution in [1.82, 2.24) is 15.6 Å². The Bertz CT molecular complexity index is 868. The van der Waals surface area contributed by atoms with Gasteiger partial charge in [-0.15, -0.1) is 0 Å². The summed E-state index contributed by atoms with van der Waals surface area (Å²) >= 11 is 0. The number of hydrogen-bond donors (Lipinski definition) is 2. The average Bonchev–Trinajstić information content (AvgIpc) is 2.67. The lowest BCUT2D eigenvalue weighted by Gasteiger charge is -2.18. The van der Waals surface area contributed by atoms with Crippen molar-refractivity contribution in [3.05, 3.63) is 60.4 Å². The van der Waals surface area contributed by atoms with Gasteiger partial charge in [0.1, 0.15) is 5.25 Å². The molecule has 0 saturated heterocycles.